The van der Waals surface area contributed by atoms with Crippen LogP contribution in [0, 0.1) is 11.3 Å². The summed E-state index contributed by atoms with van der Waals surface area (Å²) in [5.41, 5.74) is 0.182. The Balaban J connectivity index is 2.62. The summed E-state index contributed by atoms with van der Waals surface area (Å²) in [5.74, 6) is 0.220. The van der Waals surface area contributed by atoms with Crippen molar-refractivity contribution in [3.05, 3.63) is 0 Å². The Bertz CT molecular complexity index is 120. The van der Waals surface area contributed by atoms with Gasteiger partial charge in [0.05, 0.1) is 0 Å². The van der Waals surface area contributed by atoms with Gasteiger partial charge in [0.1, 0.15) is 6.29 Å². The summed E-state index contributed by atoms with van der Waals surface area (Å²) in [4.78, 5) is 10.4. The van der Waals surface area contributed by atoms with Crippen LogP contribution in [0.5, 0.6) is 0 Å². The summed E-state index contributed by atoms with van der Waals surface area (Å²) in [6.45, 7) is 6.06. The fraction of sp³-hybridized carbons (Fsp3) is 0.857. The third-order valence-electron chi connectivity index (χ3n) is 2.11. The van der Waals surface area contributed by atoms with E-state index in [4.69, 9.17) is 0 Å². The van der Waals surface area contributed by atoms with E-state index in [2.05, 4.69) is 19.2 Å². The van der Waals surface area contributed by atoms with Crippen molar-refractivity contribution in [2.24, 2.45) is 11.3 Å². The van der Waals surface area contributed by atoms with Gasteiger partial charge in [0.2, 0.25) is 0 Å². The topological polar surface area (TPSA) is 29.1 Å². The van der Waals surface area contributed by atoms with E-state index in [1.165, 1.54) is 0 Å². The molecule has 0 spiro atoms. The maximum Gasteiger partial charge on any atom is 0.124 e. The van der Waals surface area contributed by atoms with Gasteiger partial charge in [0.15, 0.2) is 0 Å². The van der Waals surface area contributed by atoms with Gasteiger partial charge in [0.25, 0.3) is 0 Å². The van der Waals surface area contributed by atoms with Crippen LogP contribution in [0.2, 0.25) is 0 Å². The highest BCUT2D eigenvalue weighted by Crippen LogP contribution is 2.27. The van der Waals surface area contributed by atoms with Gasteiger partial charge in [-0.1, -0.05) is 13.8 Å². The van der Waals surface area contributed by atoms with E-state index < -0.39 is 0 Å². The summed E-state index contributed by atoms with van der Waals surface area (Å²) in [7, 11) is 0. The quantitative estimate of drug-likeness (QED) is 0.517. The van der Waals surface area contributed by atoms with Crippen LogP contribution in [0.15, 0.2) is 0 Å². The molecule has 1 fully saturated rings. The molecule has 1 saturated heterocycles. The number of hydrogen-bond donors (Lipinski definition) is 1. The van der Waals surface area contributed by atoms with Gasteiger partial charge in [-0.25, -0.2) is 0 Å². The molecular formula is C7H13NO. The lowest BCUT2D eigenvalue weighted by Gasteiger charge is -2.19. The molecule has 0 saturated carbocycles. The van der Waals surface area contributed by atoms with E-state index in [1.807, 2.05) is 0 Å². The van der Waals surface area contributed by atoms with Crippen molar-refractivity contribution in [3.63, 3.8) is 0 Å². The summed E-state index contributed by atoms with van der Waals surface area (Å²) in [5, 5.41) is 3.18. The summed E-state index contributed by atoms with van der Waals surface area (Å²) in [6.07, 6.45) is 1.06. The number of carbonyl (C=O) groups is 1. The second-order valence-corrected chi connectivity index (χ2v) is 3.36. The van der Waals surface area contributed by atoms with Gasteiger partial charge in [-0.15, -0.1) is 0 Å². The van der Waals surface area contributed by atoms with Crippen LogP contribution in [0.3, 0.4) is 0 Å². The first-order valence-electron chi connectivity index (χ1n) is 3.33. The summed E-state index contributed by atoms with van der Waals surface area (Å²) < 4.78 is 0. The van der Waals surface area contributed by atoms with Gasteiger partial charge in [-0.05, 0) is 5.41 Å². The van der Waals surface area contributed by atoms with Crippen LogP contribution in [-0.4, -0.2) is 19.4 Å². The number of aldehydes is 1. The Labute approximate surface area is 55.6 Å². The Hall–Kier alpha value is -0.370. The highest BCUT2D eigenvalue weighted by atomic mass is 16.1. The van der Waals surface area contributed by atoms with Crippen molar-refractivity contribution in [2.75, 3.05) is 13.1 Å². The molecule has 0 bridgehead atoms. The maximum atomic E-state index is 10.4. The van der Waals surface area contributed by atoms with Crippen LogP contribution in [0.25, 0.3) is 0 Å². The van der Waals surface area contributed by atoms with E-state index in [0.29, 0.717) is 0 Å². The van der Waals surface area contributed by atoms with Crippen LogP contribution in [0.1, 0.15) is 13.8 Å². The molecule has 0 aromatic heterocycles. The minimum absolute atomic E-state index is 0.182. The predicted molar refractivity (Wildman–Crippen MR) is 36.2 cm³/mol. The third kappa shape index (κ3) is 1.13. The molecule has 1 unspecified atom stereocenters. The lowest BCUT2D eigenvalue weighted by atomic mass is 9.83. The number of carbonyl (C=O) groups excluding carboxylic acids is 1. The Morgan fingerprint density at radius 1 is 1.67 bits per heavy atom. The molecule has 2 heteroatoms. The molecule has 1 aliphatic rings. The largest absolute Gasteiger partial charge is 0.315 e. The molecule has 1 N–H and O–H groups in total. The average Bonchev–Trinajstić information content (AvgIpc) is 2.08. The highest BCUT2D eigenvalue weighted by Gasteiger charge is 2.33. The Morgan fingerprint density at radius 2 is 2.33 bits per heavy atom. The Kier molecular flexibility index (Phi) is 1.58. The van der Waals surface area contributed by atoms with E-state index >= 15 is 0 Å². The molecule has 0 aliphatic carbocycles. The van der Waals surface area contributed by atoms with Crippen LogP contribution < -0.4 is 5.32 Å². The number of rotatable bonds is 1. The number of hydrogen-bond acceptors (Lipinski definition) is 2. The molecule has 1 heterocycles. The fourth-order valence-electron chi connectivity index (χ4n) is 1.19. The standard InChI is InChI=1S/C7H13NO/c1-7(2)5-8-3-6(7)4-9/h4,6,8H,3,5H2,1-2H3. The van der Waals surface area contributed by atoms with E-state index in [0.717, 1.165) is 19.4 Å². The van der Waals surface area contributed by atoms with Crippen molar-refractivity contribution in [1.82, 2.24) is 5.32 Å². The molecule has 9 heavy (non-hydrogen) atoms. The smallest absolute Gasteiger partial charge is 0.124 e. The first kappa shape index (κ1) is 6.75. The van der Waals surface area contributed by atoms with Crippen molar-refractivity contribution in [1.29, 1.82) is 0 Å². The molecule has 0 radical (unpaired) electrons. The zero-order valence-corrected chi connectivity index (χ0v) is 5.98. The van der Waals surface area contributed by atoms with Crippen molar-refractivity contribution in [3.8, 4) is 0 Å². The molecule has 2 nitrogen and oxygen atoms in total. The third-order valence-corrected chi connectivity index (χ3v) is 2.11. The van der Waals surface area contributed by atoms with Gasteiger partial charge in [-0.3, -0.25) is 0 Å². The second kappa shape index (κ2) is 2.10. The van der Waals surface area contributed by atoms with E-state index in [1.54, 1.807) is 0 Å². The van der Waals surface area contributed by atoms with Gasteiger partial charge >= 0.3 is 0 Å². The lowest BCUT2D eigenvalue weighted by Crippen LogP contribution is -2.22. The normalized spacial score (nSPS) is 32.4. The fourth-order valence-corrected chi connectivity index (χ4v) is 1.19. The molecule has 52 valence electrons. The lowest BCUT2D eigenvalue weighted by molar-refractivity contribution is -0.112. The zero-order valence-electron chi connectivity index (χ0n) is 5.98. The van der Waals surface area contributed by atoms with Crippen LogP contribution in [0.4, 0.5) is 0 Å². The maximum absolute atomic E-state index is 10.4. The average molecular weight is 127 g/mol. The second-order valence-electron chi connectivity index (χ2n) is 3.36. The van der Waals surface area contributed by atoms with Crippen LogP contribution in [-0.2, 0) is 4.79 Å². The molecule has 1 atom stereocenters. The molecule has 0 aromatic rings. The SMILES string of the molecule is CC1(C)CNCC1C=O. The number of nitrogens with one attached hydrogen (secondary N) is 1. The molecule has 0 aromatic carbocycles. The summed E-state index contributed by atoms with van der Waals surface area (Å²) in [6, 6.07) is 0. The minimum atomic E-state index is 0.182. The Morgan fingerprint density at radius 3 is 2.56 bits per heavy atom. The van der Waals surface area contributed by atoms with Crippen LogP contribution >= 0.6 is 0 Å². The molecular weight excluding hydrogens is 114 g/mol. The summed E-state index contributed by atoms with van der Waals surface area (Å²) >= 11 is 0. The molecule has 0 amide bonds. The molecule has 1 aliphatic heterocycles. The monoisotopic (exact) mass is 127 g/mol. The first-order chi connectivity index (χ1) is 4.17. The highest BCUT2D eigenvalue weighted by molar-refractivity contribution is 5.56. The predicted octanol–water partition coefficient (Wildman–Crippen LogP) is 0.431. The van der Waals surface area contributed by atoms with Crippen molar-refractivity contribution >= 4 is 6.29 Å². The van der Waals surface area contributed by atoms with Crippen molar-refractivity contribution < 1.29 is 4.79 Å². The van der Waals surface area contributed by atoms with E-state index in [9.17, 15) is 4.79 Å². The van der Waals surface area contributed by atoms with Gasteiger partial charge in [-0.2, -0.15) is 0 Å². The van der Waals surface area contributed by atoms with Gasteiger partial charge < -0.3 is 10.1 Å². The zero-order chi connectivity index (χ0) is 6.91. The minimum Gasteiger partial charge on any atom is -0.315 e. The molecule has 1 rings (SSSR count). The first-order valence-corrected chi connectivity index (χ1v) is 3.33. The van der Waals surface area contributed by atoms with Crippen molar-refractivity contribution in [2.45, 2.75) is 13.8 Å². The van der Waals surface area contributed by atoms with E-state index in [-0.39, 0.29) is 11.3 Å². The van der Waals surface area contributed by atoms with Gasteiger partial charge in [0, 0.05) is 19.0 Å².